The van der Waals surface area contributed by atoms with Crippen LogP contribution in [0.5, 0.6) is 0 Å². The number of hydrogen-bond donors (Lipinski definition) is 0. The van der Waals surface area contributed by atoms with E-state index in [1.54, 1.807) is 19.1 Å². The van der Waals surface area contributed by atoms with E-state index >= 15 is 0 Å². The van der Waals surface area contributed by atoms with Crippen molar-refractivity contribution in [1.29, 1.82) is 0 Å². The van der Waals surface area contributed by atoms with Crippen molar-refractivity contribution < 1.29 is 4.79 Å². The van der Waals surface area contributed by atoms with Gasteiger partial charge in [-0.1, -0.05) is 17.7 Å². The average Bonchev–Trinajstić information content (AvgIpc) is 1.87. The highest BCUT2D eigenvalue weighted by atomic mass is 35.5. The number of halogens is 1. The summed E-state index contributed by atoms with van der Waals surface area (Å²) in [5.74, 6) is 0. The molecule has 2 heteroatoms. The summed E-state index contributed by atoms with van der Waals surface area (Å²) >= 11 is 5.56. The van der Waals surface area contributed by atoms with Crippen LogP contribution in [0, 0.1) is 0 Å². The van der Waals surface area contributed by atoms with Gasteiger partial charge in [0, 0.05) is 5.03 Å². The first kappa shape index (κ1) is 8.44. The van der Waals surface area contributed by atoms with E-state index in [4.69, 9.17) is 11.6 Å². The number of hydrogen-bond acceptors (Lipinski definition) is 1. The first-order valence-corrected chi connectivity index (χ1v) is 3.03. The van der Waals surface area contributed by atoms with Crippen molar-refractivity contribution in [3.8, 4) is 0 Å². The van der Waals surface area contributed by atoms with Gasteiger partial charge >= 0.3 is 0 Å². The van der Waals surface area contributed by atoms with E-state index < -0.39 is 0 Å². The van der Waals surface area contributed by atoms with E-state index in [0.717, 1.165) is 6.29 Å². The Bertz CT molecular complexity index is 156. The molecular formula is C7H9ClO. The van der Waals surface area contributed by atoms with E-state index in [1.165, 1.54) is 0 Å². The Morgan fingerprint density at radius 2 is 2.11 bits per heavy atom. The summed E-state index contributed by atoms with van der Waals surface area (Å²) in [6.07, 6.45) is 4.12. The number of allylic oxidation sites excluding steroid dienone is 4. The summed E-state index contributed by atoms with van der Waals surface area (Å²) in [5, 5.41) is 0.597. The second kappa shape index (κ2) is 4.33. The fourth-order valence-electron chi connectivity index (χ4n) is 0.335. The Morgan fingerprint density at radius 3 is 2.44 bits per heavy atom. The van der Waals surface area contributed by atoms with Crippen molar-refractivity contribution in [3.63, 3.8) is 0 Å². The van der Waals surface area contributed by atoms with Gasteiger partial charge in [0.05, 0.1) is 0 Å². The molecule has 0 rings (SSSR count). The molecule has 1 nitrogen and oxygen atoms in total. The minimum Gasteiger partial charge on any atom is -0.298 e. The zero-order chi connectivity index (χ0) is 7.28. The van der Waals surface area contributed by atoms with Crippen LogP contribution < -0.4 is 0 Å². The standard InChI is InChI=1S/C7H9ClO/c1-3-7(8)4-6(2)5-9/h3-5H,1-2H3/b6-4+,7-3+. The molecule has 0 aliphatic heterocycles. The van der Waals surface area contributed by atoms with Gasteiger partial charge in [-0.2, -0.15) is 0 Å². The Kier molecular flexibility index (Phi) is 4.06. The molecule has 0 saturated carbocycles. The summed E-state index contributed by atoms with van der Waals surface area (Å²) in [7, 11) is 0. The average molecular weight is 145 g/mol. The number of aldehydes is 1. The maximum Gasteiger partial charge on any atom is 0.145 e. The fourth-order valence-corrected chi connectivity index (χ4v) is 0.507. The molecule has 0 aromatic rings. The smallest absolute Gasteiger partial charge is 0.145 e. The quantitative estimate of drug-likeness (QED) is 0.330. The molecule has 0 amide bonds. The molecule has 0 saturated heterocycles. The van der Waals surface area contributed by atoms with Crippen molar-refractivity contribution in [2.45, 2.75) is 13.8 Å². The van der Waals surface area contributed by atoms with Crippen LogP contribution in [0.15, 0.2) is 22.8 Å². The Morgan fingerprint density at radius 1 is 1.56 bits per heavy atom. The fraction of sp³-hybridized carbons (Fsp3) is 0.286. The summed E-state index contributed by atoms with van der Waals surface area (Å²) in [6.45, 7) is 3.52. The van der Waals surface area contributed by atoms with Gasteiger partial charge in [-0.3, -0.25) is 4.79 Å². The Hall–Kier alpha value is -0.560. The van der Waals surface area contributed by atoms with Gasteiger partial charge in [0.25, 0.3) is 0 Å². The second-order valence-corrected chi connectivity index (χ2v) is 2.12. The van der Waals surface area contributed by atoms with Gasteiger partial charge in [0.15, 0.2) is 0 Å². The molecule has 0 N–H and O–H groups in total. The van der Waals surface area contributed by atoms with Gasteiger partial charge in [-0.05, 0) is 25.5 Å². The third kappa shape index (κ3) is 3.98. The highest BCUT2D eigenvalue weighted by Gasteiger charge is 1.84. The van der Waals surface area contributed by atoms with Crippen LogP contribution in [0.3, 0.4) is 0 Å². The number of carbonyl (C=O) groups is 1. The van der Waals surface area contributed by atoms with E-state index in [0.29, 0.717) is 10.6 Å². The summed E-state index contributed by atoms with van der Waals surface area (Å²) in [5.41, 5.74) is 0.637. The lowest BCUT2D eigenvalue weighted by molar-refractivity contribution is -0.104. The Balaban J connectivity index is 4.11. The zero-order valence-corrected chi connectivity index (χ0v) is 6.27. The molecule has 0 atom stereocenters. The Labute approximate surface area is 60.0 Å². The minimum absolute atomic E-state index is 0.597. The first-order chi connectivity index (χ1) is 4.20. The van der Waals surface area contributed by atoms with Gasteiger partial charge in [0.2, 0.25) is 0 Å². The van der Waals surface area contributed by atoms with Crippen molar-refractivity contribution in [1.82, 2.24) is 0 Å². The predicted octanol–water partition coefficient (Wildman–Crippen LogP) is 2.27. The number of rotatable bonds is 2. The lowest BCUT2D eigenvalue weighted by atomic mass is 10.3. The molecule has 0 spiro atoms. The second-order valence-electron chi connectivity index (χ2n) is 1.68. The first-order valence-electron chi connectivity index (χ1n) is 2.66. The molecule has 0 aromatic carbocycles. The molecule has 0 radical (unpaired) electrons. The van der Waals surface area contributed by atoms with Gasteiger partial charge in [-0.15, -0.1) is 0 Å². The highest BCUT2D eigenvalue weighted by molar-refractivity contribution is 6.31. The molecule has 0 aromatic heterocycles. The van der Waals surface area contributed by atoms with E-state index in [-0.39, 0.29) is 0 Å². The molecule has 50 valence electrons. The molecule has 0 bridgehead atoms. The van der Waals surface area contributed by atoms with Crippen LogP contribution in [0.4, 0.5) is 0 Å². The van der Waals surface area contributed by atoms with Crippen LogP contribution >= 0.6 is 11.6 Å². The van der Waals surface area contributed by atoms with Crippen molar-refractivity contribution in [2.75, 3.05) is 0 Å². The predicted molar refractivity (Wildman–Crippen MR) is 39.4 cm³/mol. The van der Waals surface area contributed by atoms with Crippen molar-refractivity contribution in [3.05, 3.63) is 22.8 Å². The third-order valence-corrected chi connectivity index (χ3v) is 1.15. The van der Waals surface area contributed by atoms with Crippen molar-refractivity contribution >= 4 is 17.9 Å². The van der Waals surface area contributed by atoms with Crippen LogP contribution in [-0.2, 0) is 4.79 Å². The maximum atomic E-state index is 10.0. The lowest BCUT2D eigenvalue weighted by Gasteiger charge is -1.85. The van der Waals surface area contributed by atoms with E-state index in [1.807, 2.05) is 6.92 Å². The van der Waals surface area contributed by atoms with Gasteiger partial charge < -0.3 is 0 Å². The summed E-state index contributed by atoms with van der Waals surface area (Å²) < 4.78 is 0. The topological polar surface area (TPSA) is 17.1 Å². The lowest BCUT2D eigenvalue weighted by Crippen LogP contribution is -1.74. The molecular weight excluding hydrogens is 136 g/mol. The summed E-state index contributed by atoms with van der Waals surface area (Å²) in [6, 6.07) is 0. The summed E-state index contributed by atoms with van der Waals surface area (Å²) in [4.78, 5) is 10.0. The SMILES string of the molecule is C/C=C(Cl)\C=C(/C)C=O. The molecule has 0 unspecified atom stereocenters. The zero-order valence-electron chi connectivity index (χ0n) is 5.52. The van der Waals surface area contributed by atoms with Crippen LogP contribution in [-0.4, -0.2) is 6.29 Å². The van der Waals surface area contributed by atoms with Crippen molar-refractivity contribution in [2.24, 2.45) is 0 Å². The normalized spacial score (nSPS) is 13.7. The third-order valence-electron chi connectivity index (χ3n) is 0.827. The van der Waals surface area contributed by atoms with Gasteiger partial charge in [0.1, 0.15) is 6.29 Å². The van der Waals surface area contributed by atoms with E-state index in [2.05, 4.69) is 0 Å². The monoisotopic (exact) mass is 144 g/mol. The molecule has 0 fully saturated rings. The largest absolute Gasteiger partial charge is 0.298 e. The molecule has 0 aliphatic carbocycles. The van der Waals surface area contributed by atoms with Crippen LogP contribution in [0.2, 0.25) is 0 Å². The van der Waals surface area contributed by atoms with Crippen LogP contribution in [0.25, 0.3) is 0 Å². The van der Waals surface area contributed by atoms with E-state index in [9.17, 15) is 4.79 Å². The molecule has 9 heavy (non-hydrogen) atoms. The molecule has 0 heterocycles. The van der Waals surface area contributed by atoms with Gasteiger partial charge in [-0.25, -0.2) is 0 Å². The molecule has 0 aliphatic rings. The minimum atomic E-state index is 0.597. The highest BCUT2D eigenvalue weighted by Crippen LogP contribution is 2.04. The maximum absolute atomic E-state index is 10.0. The number of carbonyl (C=O) groups excluding carboxylic acids is 1. The van der Waals surface area contributed by atoms with Crippen LogP contribution in [0.1, 0.15) is 13.8 Å².